The van der Waals surface area contributed by atoms with Crippen molar-refractivity contribution < 1.29 is 14.3 Å². The van der Waals surface area contributed by atoms with E-state index < -0.39 is 11.9 Å². The maximum Gasteiger partial charge on any atom is 0.320 e. The first kappa shape index (κ1) is 11.6. The van der Waals surface area contributed by atoms with Crippen LogP contribution in [0.25, 0.3) is 0 Å². The van der Waals surface area contributed by atoms with Crippen molar-refractivity contribution >= 4 is 11.8 Å². The first-order chi connectivity index (χ1) is 6.02. The van der Waals surface area contributed by atoms with Gasteiger partial charge in [-0.1, -0.05) is 11.6 Å². The molecule has 0 radical (unpaired) electrons. The molecule has 3 heteroatoms. The molecule has 0 rings (SSSR count). The number of ether oxygens (including phenoxy) is 1. The second-order valence-electron chi connectivity index (χ2n) is 2.86. The summed E-state index contributed by atoms with van der Waals surface area (Å²) < 4.78 is 4.45. The average Bonchev–Trinajstić information content (AvgIpc) is 2.03. The summed E-state index contributed by atoms with van der Waals surface area (Å²) in [5.74, 6) is -1.74. The van der Waals surface area contributed by atoms with Crippen LogP contribution in [0.3, 0.4) is 0 Å². The highest BCUT2D eigenvalue weighted by Gasteiger charge is 2.21. The Hall–Kier alpha value is -1.38. The van der Waals surface area contributed by atoms with Crippen LogP contribution in [0, 0.1) is 5.92 Å². The molecule has 1 atom stereocenters. The molecule has 1 unspecified atom stereocenters. The first-order valence-electron chi connectivity index (χ1n) is 3.92. The minimum absolute atomic E-state index is 0.290. The Morgan fingerprint density at radius 2 is 1.92 bits per heavy atom. The maximum absolute atomic E-state index is 11.3. The van der Waals surface area contributed by atoms with Gasteiger partial charge in [0.15, 0.2) is 5.78 Å². The second kappa shape index (κ2) is 5.30. The zero-order valence-electron chi connectivity index (χ0n) is 8.16. The van der Waals surface area contributed by atoms with Crippen molar-refractivity contribution in [1.29, 1.82) is 0 Å². The molecule has 0 aromatic carbocycles. The van der Waals surface area contributed by atoms with Crippen LogP contribution in [0.2, 0.25) is 0 Å². The average molecular weight is 182 g/mol. The van der Waals surface area contributed by atoms with Crippen LogP contribution in [-0.2, 0) is 14.3 Å². The molecule has 0 aliphatic rings. The van der Waals surface area contributed by atoms with E-state index >= 15 is 0 Å². The number of methoxy groups -OCH3 is 1. The number of allylic oxidation sites excluding steroid dienone is 2. The van der Waals surface area contributed by atoms with E-state index in [1.807, 2.05) is 0 Å². The third-order valence-corrected chi connectivity index (χ3v) is 1.43. The summed E-state index contributed by atoms with van der Waals surface area (Å²) in [6, 6.07) is 0. The molecule has 0 bridgehead atoms. The molecule has 0 saturated heterocycles. The molecule has 0 fully saturated rings. The van der Waals surface area contributed by atoms with Gasteiger partial charge in [0.25, 0.3) is 0 Å². The number of esters is 1. The maximum atomic E-state index is 11.3. The quantitative estimate of drug-likeness (QED) is 0.286. The lowest BCUT2D eigenvalue weighted by Crippen LogP contribution is -2.21. The molecule has 0 amide bonds. The Morgan fingerprint density at radius 3 is 2.23 bits per heavy atom. The van der Waals surface area contributed by atoms with Gasteiger partial charge in [0.05, 0.1) is 7.11 Å². The van der Waals surface area contributed by atoms with E-state index in [1.165, 1.54) is 19.3 Å². The Bertz CT molecular complexity index is 247. The standard InChI is InChI=1S/C10H14O3/c1-5-8(10(12)13-4)9(11)6-7(2)3/h5-6,8H,1H2,2-4H3. The molecule has 72 valence electrons. The van der Waals surface area contributed by atoms with Gasteiger partial charge < -0.3 is 4.74 Å². The second-order valence-corrected chi connectivity index (χ2v) is 2.86. The first-order valence-corrected chi connectivity index (χ1v) is 3.92. The summed E-state index contributed by atoms with van der Waals surface area (Å²) in [5.41, 5.74) is 0.848. The van der Waals surface area contributed by atoms with E-state index in [1.54, 1.807) is 13.8 Å². The highest BCUT2D eigenvalue weighted by molar-refractivity contribution is 6.06. The van der Waals surface area contributed by atoms with Crippen LogP contribution in [-0.4, -0.2) is 18.9 Å². The lowest BCUT2D eigenvalue weighted by Gasteiger charge is -2.05. The largest absolute Gasteiger partial charge is 0.468 e. The third-order valence-electron chi connectivity index (χ3n) is 1.43. The molecule has 0 N–H and O–H groups in total. The number of rotatable bonds is 4. The normalized spacial score (nSPS) is 11.3. The van der Waals surface area contributed by atoms with Crippen LogP contribution in [0.4, 0.5) is 0 Å². The van der Waals surface area contributed by atoms with Crippen molar-refractivity contribution in [1.82, 2.24) is 0 Å². The van der Waals surface area contributed by atoms with E-state index in [0.29, 0.717) is 0 Å². The lowest BCUT2D eigenvalue weighted by atomic mass is 10.0. The SMILES string of the molecule is C=CC(C(=O)C=C(C)C)C(=O)OC. The van der Waals surface area contributed by atoms with E-state index in [0.717, 1.165) is 5.57 Å². The molecule has 0 aromatic heterocycles. The molecule has 0 spiro atoms. The topological polar surface area (TPSA) is 43.4 Å². The van der Waals surface area contributed by atoms with Gasteiger partial charge in [-0.2, -0.15) is 0 Å². The van der Waals surface area contributed by atoms with Crippen molar-refractivity contribution in [3.05, 3.63) is 24.3 Å². The Labute approximate surface area is 78.1 Å². The van der Waals surface area contributed by atoms with Gasteiger partial charge >= 0.3 is 5.97 Å². The summed E-state index contributed by atoms with van der Waals surface area (Å²) in [6.07, 6.45) is 2.69. The summed E-state index contributed by atoms with van der Waals surface area (Å²) in [5, 5.41) is 0. The summed E-state index contributed by atoms with van der Waals surface area (Å²) in [6.45, 7) is 6.98. The van der Waals surface area contributed by atoms with Gasteiger partial charge in [0, 0.05) is 0 Å². The summed E-state index contributed by atoms with van der Waals surface area (Å²) >= 11 is 0. The summed E-state index contributed by atoms with van der Waals surface area (Å²) in [4.78, 5) is 22.4. The minimum atomic E-state index is -0.875. The molecule has 0 heterocycles. The fraction of sp³-hybridized carbons (Fsp3) is 0.400. The van der Waals surface area contributed by atoms with Gasteiger partial charge in [-0.15, -0.1) is 6.58 Å². The van der Waals surface area contributed by atoms with Gasteiger partial charge in [-0.25, -0.2) is 0 Å². The van der Waals surface area contributed by atoms with Gasteiger partial charge in [-0.05, 0) is 19.9 Å². The van der Waals surface area contributed by atoms with Crippen molar-refractivity contribution in [3.8, 4) is 0 Å². The highest BCUT2D eigenvalue weighted by atomic mass is 16.5. The van der Waals surface area contributed by atoms with Crippen molar-refractivity contribution in [3.63, 3.8) is 0 Å². The number of carbonyl (C=O) groups excluding carboxylic acids is 2. The molecule has 13 heavy (non-hydrogen) atoms. The van der Waals surface area contributed by atoms with Gasteiger partial charge in [0.2, 0.25) is 0 Å². The number of ketones is 1. The monoisotopic (exact) mass is 182 g/mol. The zero-order valence-corrected chi connectivity index (χ0v) is 8.16. The fourth-order valence-electron chi connectivity index (χ4n) is 0.830. The molecular formula is C10H14O3. The van der Waals surface area contributed by atoms with Gasteiger partial charge in [-0.3, -0.25) is 9.59 Å². The number of hydrogen-bond acceptors (Lipinski definition) is 3. The Kier molecular flexibility index (Phi) is 4.74. The summed E-state index contributed by atoms with van der Waals surface area (Å²) in [7, 11) is 1.24. The predicted molar refractivity (Wildman–Crippen MR) is 50.1 cm³/mol. The van der Waals surface area contributed by atoms with E-state index in [4.69, 9.17) is 0 Å². The fourth-order valence-corrected chi connectivity index (χ4v) is 0.830. The smallest absolute Gasteiger partial charge is 0.320 e. The third kappa shape index (κ3) is 3.69. The molecular weight excluding hydrogens is 168 g/mol. The zero-order chi connectivity index (χ0) is 10.4. The molecule has 0 saturated carbocycles. The van der Waals surface area contributed by atoms with Crippen molar-refractivity contribution in [2.24, 2.45) is 5.92 Å². The van der Waals surface area contributed by atoms with Crippen molar-refractivity contribution in [2.75, 3.05) is 7.11 Å². The van der Waals surface area contributed by atoms with Gasteiger partial charge in [0.1, 0.15) is 5.92 Å². The van der Waals surface area contributed by atoms with Crippen LogP contribution >= 0.6 is 0 Å². The van der Waals surface area contributed by atoms with Crippen molar-refractivity contribution in [2.45, 2.75) is 13.8 Å². The van der Waals surface area contributed by atoms with E-state index in [2.05, 4.69) is 11.3 Å². The Balaban J connectivity index is 4.60. The molecule has 3 nitrogen and oxygen atoms in total. The van der Waals surface area contributed by atoms with E-state index in [9.17, 15) is 9.59 Å². The Morgan fingerprint density at radius 1 is 1.38 bits per heavy atom. The van der Waals surface area contributed by atoms with Crippen LogP contribution in [0.15, 0.2) is 24.3 Å². The lowest BCUT2D eigenvalue weighted by molar-refractivity contribution is -0.146. The van der Waals surface area contributed by atoms with E-state index in [-0.39, 0.29) is 5.78 Å². The predicted octanol–water partition coefficient (Wildman–Crippen LogP) is 1.50. The number of hydrogen-bond donors (Lipinski definition) is 0. The van der Waals surface area contributed by atoms with Crippen LogP contribution in [0.1, 0.15) is 13.8 Å². The number of carbonyl (C=O) groups is 2. The van der Waals surface area contributed by atoms with Crippen LogP contribution < -0.4 is 0 Å². The minimum Gasteiger partial charge on any atom is -0.468 e. The van der Waals surface area contributed by atoms with Crippen LogP contribution in [0.5, 0.6) is 0 Å². The molecule has 0 aliphatic carbocycles. The molecule has 0 aromatic rings. The molecule has 0 aliphatic heterocycles. The highest BCUT2D eigenvalue weighted by Crippen LogP contribution is 2.05.